The van der Waals surface area contributed by atoms with E-state index in [9.17, 15) is 22.8 Å². The fourth-order valence-corrected chi connectivity index (χ4v) is 4.89. The van der Waals surface area contributed by atoms with Crippen LogP contribution < -0.4 is 11.1 Å². The second kappa shape index (κ2) is 13.0. The fraction of sp³-hybridized carbons (Fsp3) is 0.310. The highest BCUT2D eigenvalue weighted by Gasteiger charge is 2.34. The lowest BCUT2D eigenvalue weighted by molar-refractivity contribution is -0.141. The summed E-state index contributed by atoms with van der Waals surface area (Å²) in [5, 5.41) is 7.56. The summed E-state index contributed by atoms with van der Waals surface area (Å²) in [6.45, 7) is 5.39. The summed E-state index contributed by atoms with van der Waals surface area (Å²) in [7, 11) is 1.57. The Morgan fingerprint density at radius 2 is 1.81 bits per heavy atom. The van der Waals surface area contributed by atoms with Crippen molar-refractivity contribution in [3.8, 4) is 0 Å². The van der Waals surface area contributed by atoms with Crippen LogP contribution in [0.4, 0.5) is 18.9 Å². The molecule has 13 heteroatoms. The van der Waals surface area contributed by atoms with Crippen molar-refractivity contribution in [1.29, 1.82) is 0 Å². The van der Waals surface area contributed by atoms with Crippen LogP contribution in [0.2, 0.25) is 0 Å². The average Bonchev–Trinajstić information content (AvgIpc) is 3.21. The Morgan fingerprint density at radius 3 is 2.45 bits per heavy atom. The Balaban J connectivity index is 1.56. The van der Waals surface area contributed by atoms with Gasteiger partial charge in [0.15, 0.2) is 0 Å². The van der Waals surface area contributed by atoms with Gasteiger partial charge in [0, 0.05) is 42.2 Å². The molecule has 0 aliphatic rings. The smallest absolute Gasteiger partial charge is 0.383 e. The Labute approximate surface area is 249 Å². The average molecular weight is 647 g/mol. The number of fused-ring (bicyclic) bond motifs is 1. The number of nitrogens with two attached hydrogens (primary N) is 1. The summed E-state index contributed by atoms with van der Waals surface area (Å²) in [6, 6.07) is 12.4. The van der Waals surface area contributed by atoms with Crippen LogP contribution in [0.25, 0.3) is 10.9 Å². The van der Waals surface area contributed by atoms with Gasteiger partial charge in [0.25, 0.3) is 11.8 Å². The molecule has 0 atom stereocenters. The third kappa shape index (κ3) is 6.97. The number of carbonyl (C=O) groups is 2. The molecule has 9 nitrogen and oxygen atoms in total. The molecule has 0 spiro atoms. The normalized spacial score (nSPS) is 11.6. The van der Waals surface area contributed by atoms with Crippen molar-refractivity contribution < 1.29 is 27.5 Å². The van der Waals surface area contributed by atoms with Gasteiger partial charge in [-0.1, -0.05) is 28.1 Å². The predicted molar refractivity (Wildman–Crippen MR) is 156 cm³/mol. The van der Waals surface area contributed by atoms with Crippen molar-refractivity contribution in [2.75, 3.05) is 38.7 Å². The number of amides is 2. The lowest BCUT2D eigenvalue weighted by atomic mass is 10.1. The predicted octanol–water partition coefficient (Wildman–Crippen LogP) is 5.18. The highest BCUT2D eigenvalue weighted by Crippen LogP contribution is 2.32. The van der Waals surface area contributed by atoms with Gasteiger partial charge >= 0.3 is 6.18 Å². The number of pyridine rings is 1. The zero-order chi connectivity index (χ0) is 30.6. The van der Waals surface area contributed by atoms with Crippen LogP contribution in [0.5, 0.6) is 0 Å². The first-order valence-electron chi connectivity index (χ1n) is 13.0. The van der Waals surface area contributed by atoms with E-state index >= 15 is 0 Å². The number of hydrogen-bond donors (Lipinski definition) is 2. The lowest BCUT2D eigenvalue weighted by Crippen LogP contribution is -2.37. The number of anilines is 1. The lowest BCUT2D eigenvalue weighted by Gasteiger charge is -2.21. The molecule has 0 aliphatic heterocycles. The monoisotopic (exact) mass is 646 g/mol. The van der Waals surface area contributed by atoms with E-state index < -0.39 is 17.8 Å². The maximum Gasteiger partial charge on any atom is 0.433 e. The topological polar surface area (TPSA) is 115 Å². The van der Waals surface area contributed by atoms with Crippen LogP contribution in [0, 0.1) is 13.8 Å². The molecule has 0 fully saturated rings. The Hall–Kier alpha value is -3.81. The number of carbonyl (C=O) groups excluding carboxylic acids is 2. The molecule has 3 N–H and O–H groups in total. The summed E-state index contributed by atoms with van der Waals surface area (Å²) >= 11 is 3.31. The van der Waals surface area contributed by atoms with Gasteiger partial charge in [-0.2, -0.15) is 18.3 Å². The molecular weight excluding hydrogens is 617 g/mol. The van der Waals surface area contributed by atoms with Gasteiger partial charge in [-0.3, -0.25) is 14.3 Å². The van der Waals surface area contributed by atoms with Gasteiger partial charge in [0.1, 0.15) is 5.69 Å². The zero-order valence-corrected chi connectivity index (χ0v) is 24.8. The van der Waals surface area contributed by atoms with Crippen molar-refractivity contribution >= 4 is 44.3 Å². The van der Waals surface area contributed by atoms with Crippen LogP contribution in [0.3, 0.4) is 0 Å². The third-order valence-corrected chi connectivity index (χ3v) is 7.20. The number of benzene rings is 2. The van der Waals surface area contributed by atoms with Gasteiger partial charge in [-0.25, -0.2) is 4.98 Å². The molecule has 42 heavy (non-hydrogen) atoms. The molecule has 2 heterocycles. The molecule has 222 valence electrons. The molecule has 0 radical (unpaired) electrons. The minimum atomic E-state index is -4.72. The second-order valence-corrected chi connectivity index (χ2v) is 10.6. The van der Waals surface area contributed by atoms with Gasteiger partial charge in [-0.15, -0.1) is 0 Å². The first-order valence-corrected chi connectivity index (χ1v) is 13.8. The van der Waals surface area contributed by atoms with E-state index in [2.05, 4.69) is 31.3 Å². The van der Waals surface area contributed by atoms with Gasteiger partial charge in [0.05, 0.1) is 41.3 Å². The first kappa shape index (κ1) is 31.1. The van der Waals surface area contributed by atoms with Crippen molar-refractivity contribution in [2.45, 2.75) is 26.6 Å². The number of aryl methyl sites for hydroxylation is 1. The van der Waals surface area contributed by atoms with E-state index in [1.54, 1.807) is 54.8 Å². The van der Waals surface area contributed by atoms with E-state index in [1.165, 1.54) is 6.07 Å². The summed E-state index contributed by atoms with van der Waals surface area (Å²) in [6.07, 6.45) is -4.72. The zero-order valence-electron chi connectivity index (χ0n) is 23.3. The van der Waals surface area contributed by atoms with Gasteiger partial charge in [-0.05, 0) is 55.8 Å². The minimum Gasteiger partial charge on any atom is -0.383 e. The highest BCUT2D eigenvalue weighted by molar-refractivity contribution is 9.10. The SMILES string of the molecule is COCCN(CCN)C(=O)c1ccc(Cn2nc(C)c(NC(=O)c3cc(C(F)(F)F)nc4ccc(Br)cc34)c2C)cc1. The second-order valence-electron chi connectivity index (χ2n) is 9.64. The summed E-state index contributed by atoms with van der Waals surface area (Å²) < 4.78 is 48.0. The van der Waals surface area contributed by atoms with Crippen molar-refractivity contribution in [1.82, 2.24) is 19.7 Å². The summed E-state index contributed by atoms with van der Waals surface area (Å²) in [4.78, 5) is 31.6. The fourth-order valence-electron chi connectivity index (χ4n) is 4.52. The number of nitrogens with one attached hydrogen (secondary N) is 1. The Morgan fingerprint density at radius 1 is 1.10 bits per heavy atom. The number of aromatic nitrogens is 3. The molecule has 2 amide bonds. The van der Waals surface area contributed by atoms with E-state index in [4.69, 9.17) is 10.5 Å². The van der Waals surface area contributed by atoms with Gasteiger partial charge in [0.2, 0.25) is 0 Å². The van der Waals surface area contributed by atoms with Crippen LogP contribution in [0.1, 0.15) is 43.4 Å². The third-order valence-electron chi connectivity index (χ3n) is 6.71. The quantitative estimate of drug-likeness (QED) is 0.245. The molecule has 2 aromatic carbocycles. The minimum absolute atomic E-state index is 0.0501. The maximum atomic E-state index is 13.5. The highest BCUT2D eigenvalue weighted by atomic mass is 79.9. The Kier molecular flexibility index (Phi) is 9.64. The molecule has 2 aromatic heterocycles. The number of rotatable bonds is 10. The number of hydrogen-bond acceptors (Lipinski definition) is 6. The molecule has 0 unspecified atom stereocenters. The molecule has 0 saturated heterocycles. The molecule has 0 aliphatic carbocycles. The van der Waals surface area contributed by atoms with E-state index in [-0.39, 0.29) is 22.4 Å². The Bertz CT molecular complexity index is 1610. The van der Waals surface area contributed by atoms with Crippen molar-refractivity contribution in [3.05, 3.63) is 86.8 Å². The molecule has 4 rings (SSSR count). The first-order chi connectivity index (χ1) is 19.9. The number of methoxy groups -OCH3 is 1. The van der Waals surface area contributed by atoms with E-state index in [1.807, 2.05) is 12.1 Å². The van der Waals surface area contributed by atoms with Gasteiger partial charge < -0.3 is 20.7 Å². The molecule has 4 aromatic rings. The van der Waals surface area contributed by atoms with Crippen LogP contribution in [-0.2, 0) is 17.5 Å². The van der Waals surface area contributed by atoms with Crippen LogP contribution in [-0.4, -0.2) is 64.8 Å². The summed E-state index contributed by atoms with van der Waals surface area (Å²) in [5.74, 6) is -0.861. The maximum absolute atomic E-state index is 13.5. The number of ether oxygens (including phenoxy) is 1. The number of halogens is 4. The van der Waals surface area contributed by atoms with Crippen molar-refractivity contribution in [3.63, 3.8) is 0 Å². The standard InChI is InChI=1S/C29H30BrF3N6O3/c1-17-26(36-27(40)23-15-25(29(31,32)33)35-24-9-8-21(30)14-22(23)24)18(2)39(37-17)16-19-4-6-20(7-5-19)28(41)38(11-10-34)12-13-42-3/h4-9,14-15H,10-13,16,34H2,1-3H3,(H,36,40). The largest absolute Gasteiger partial charge is 0.433 e. The van der Waals surface area contributed by atoms with Crippen molar-refractivity contribution in [2.24, 2.45) is 5.73 Å². The van der Waals surface area contributed by atoms with E-state index in [0.29, 0.717) is 59.9 Å². The van der Waals surface area contributed by atoms with E-state index in [0.717, 1.165) is 11.6 Å². The number of nitrogens with zero attached hydrogens (tertiary/aromatic N) is 4. The molecule has 0 bridgehead atoms. The molecule has 0 saturated carbocycles. The van der Waals surface area contributed by atoms with Crippen LogP contribution in [0.15, 0.2) is 53.0 Å². The molecular formula is C29H30BrF3N6O3. The summed E-state index contributed by atoms with van der Waals surface area (Å²) in [5.41, 5.74) is 7.28. The van der Waals surface area contributed by atoms with Crippen LogP contribution >= 0.6 is 15.9 Å². The number of alkyl halides is 3.